The number of nitrogens with one attached hydrogen (secondary N) is 2. The highest BCUT2D eigenvalue weighted by atomic mass is 35.5. The maximum absolute atomic E-state index is 6.81. The van der Waals surface area contributed by atoms with Crippen LogP contribution in [-0.2, 0) is 0 Å². The number of nitrogens with zero attached hydrogens (tertiary/aromatic N) is 2. The molecule has 0 spiro atoms. The standard InChI is InChI=1S/C32H18Cl4N4/c33-23-3-1-4-24(34)29(23)31-27-15-21-11-9-19(38-21)13-17-7-8-18(37-17)14-20-10-12-22(39-20)16-28(40-27)32(31)30-25(35)5-2-6-26(30)36/h1-16,37,40H. The minimum atomic E-state index is 0.498. The molecule has 8 heteroatoms. The molecule has 0 fully saturated rings. The molecule has 5 aromatic rings. The zero-order chi connectivity index (χ0) is 27.4. The predicted octanol–water partition coefficient (Wildman–Crippen LogP) is 10.6. The van der Waals surface area contributed by atoms with Crippen molar-refractivity contribution in [1.82, 2.24) is 19.9 Å². The molecule has 40 heavy (non-hydrogen) atoms. The van der Waals surface area contributed by atoms with Gasteiger partial charge in [0, 0.05) is 64.4 Å². The average Bonchev–Trinajstić information content (AvgIpc) is 3.70. The van der Waals surface area contributed by atoms with E-state index in [1.807, 2.05) is 97.1 Å². The third kappa shape index (κ3) is 4.53. The maximum Gasteiger partial charge on any atom is 0.0658 e. The molecule has 3 aromatic heterocycles. The van der Waals surface area contributed by atoms with E-state index >= 15 is 0 Å². The lowest BCUT2D eigenvalue weighted by atomic mass is 9.95. The van der Waals surface area contributed by atoms with E-state index in [9.17, 15) is 0 Å². The summed E-state index contributed by atoms with van der Waals surface area (Å²) in [5.74, 6) is 0. The van der Waals surface area contributed by atoms with E-state index in [0.29, 0.717) is 31.2 Å². The fourth-order valence-corrected chi connectivity index (χ4v) is 6.24. The summed E-state index contributed by atoms with van der Waals surface area (Å²) in [5, 5.41) is 1.99. The van der Waals surface area contributed by atoms with Gasteiger partial charge in [-0.15, -0.1) is 0 Å². The molecule has 0 aliphatic carbocycles. The molecular weight excluding hydrogens is 582 g/mol. The summed E-state index contributed by atoms with van der Waals surface area (Å²) in [6.45, 7) is 0. The molecule has 0 atom stereocenters. The second-order valence-electron chi connectivity index (χ2n) is 9.43. The van der Waals surface area contributed by atoms with Crippen molar-refractivity contribution in [3.05, 3.63) is 116 Å². The van der Waals surface area contributed by atoms with Crippen LogP contribution in [0.1, 0.15) is 22.8 Å². The molecule has 2 aromatic carbocycles. The zero-order valence-electron chi connectivity index (χ0n) is 20.6. The molecular formula is C32H18Cl4N4. The van der Waals surface area contributed by atoms with Crippen molar-refractivity contribution < 1.29 is 0 Å². The summed E-state index contributed by atoms with van der Waals surface area (Å²) >= 11 is 27.3. The van der Waals surface area contributed by atoms with Gasteiger partial charge >= 0.3 is 0 Å². The summed E-state index contributed by atoms with van der Waals surface area (Å²) < 4.78 is 0. The highest BCUT2D eigenvalue weighted by Crippen LogP contribution is 2.48. The quantitative estimate of drug-likeness (QED) is 0.208. The minimum absolute atomic E-state index is 0.498. The first kappa shape index (κ1) is 25.2. The molecule has 194 valence electrons. The van der Waals surface area contributed by atoms with Crippen molar-refractivity contribution in [3.8, 4) is 22.3 Å². The highest BCUT2D eigenvalue weighted by molar-refractivity contribution is 6.42. The highest BCUT2D eigenvalue weighted by Gasteiger charge is 2.23. The fraction of sp³-hybridized carbons (Fsp3) is 0. The van der Waals surface area contributed by atoms with Gasteiger partial charge in [0.05, 0.1) is 22.8 Å². The second kappa shape index (κ2) is 9.99. The smallest absolute Gasteiger partial charge is 0.0658 e. The molecule has 2 N–H and O–H groups in total. The Morgan fingerprint density at radius 3 is 1.20 bits per heavy atom. The van der Waals surface area contributed by atoms with E-state index < -0.39 is 0 Å². The van der Waals surface area contributed by atoms with Crippen LogP contribution >= 0.6 is 46.4 Å². The van der Waals surface area contributed by atoms with Crippen LogP contribution in [-0.4, -0.2) is 19.9 Å². The molecule has 2 aliphatic heterocycles. The summed E-state index contributed by atoms with van der Waals surface area (Å²) in [5.41, 5.74) is 9.44. The SMILES string of the molecule is Clc1cccc(Cl)c1-c1c(-c2c(Cl)cccc2Cl)c2cc3nc(cc4ccc(cc5nc(cc1[nH]2)C=C5)[nH]4)C=C3. The van der Waals surface area contributed by atoms with Crippen LogP contribution in [0.25, 0.3) is 68.6 Å². The first-order valence-electron chi connectivity index (χ1n) is 12.4. The number of aromatic nitrogens is 4. The molecule has 2 aliphatic rings. The van der Waals surface area contributed by atoms with Crippen molar-refractivity contribution >= 4 is 92.8 Å². The van der Waals surface area contributed by atoms with Crippen LogP contribution in [0.3, 0.4) is 0 Å². The van der Waals surface area contributed by atoms with Gasteiger partial charge in [-0.1, -0.05) is 58.5 Å². The molecule has 0 radical (unpaired) electrons. The summed E-state index contributed by atoms with van der Waals surface area (Å²) in [6, 6.07) is 22.9. The van der Waals surface area contributed by atoms with Gasteiger partial charge in [-0.25, -0.2) is 9.97 Å². The Morgan fingerprint density at radius 2 is 0.800 bits per heavy atom. The third-order valence-corrected chi connectivity index (χ3v) is 8.03. The van der Waals surface area contributed by atoms with Gasteiger partial charge in [0.15, 0.2) is 0 Å². The normalized spacial score (nSPS) is 12.3. The minimum Gasteiger partial charge on any atom is -0.355 e. The number of benzene rings is 2. The van der Waals surface area contributed by atoms with E-state index in [-0.39, 0.29) is 0 Å². The maximum atomic E-state index is 6.81. The van der Waals surface area contributed by atoms with Crippen LogP contribution < -0.4 is 0 Å². The number of H-pyrrole nitrogens is 2. The van der Waals surface area contributed by atoms with Crippen molar-refractivity contribution in [2.24, 2.45) is 0 Å². The molecule has 5 heterocycles. The average molecular weight is 600 g/mol. The molecule has 0 saturated carbocycles. The molecule has 0 unspecified atom stereocenters. The van der Waals surface area contributed by atoms with Gasteiger partial charge < -0.3 is 9.97 Å². The van der Waals surface area contributed by atoms with Gasteiger partial charge in [0.1, 0.15) is 0 Å². The van der Waals surface area contributed by atoms with E-state index in [2.05, 4.69) is 9.97 Å². The number of halogens is 4. The molecule has 0 saturated heterocycles. The molecule has 4 nitrogen and oxygen atoms in total. The number of hydrogen-bond acceptors (Lipinski definition) is 2. The van der Waals surface area contributed by atoms with Crippen LogP contribution in [0.15, 0.2) is 72.8 Å². The van der Waals surface area contributed by atoms with Gasteiger partial charge in [-0.2, -0.15) is 0 Å². The van der Waals surface area contributed by atoms with E-state index in [0.717, 1.165) is 56.0 Å². The van der Waals surface area contributed by atoms with Gasteiger partial charge in [0.25, 0.3) is 0 Å². The van der Waals surface area contributed by atoms with E-state index in [4.69, 9.17) is 56.4 Å². The molecule has 0 amide bonds. The number of rotatable bonds is 2. The first-order valence-corrected chi connectivity index (χ1v) is 13.9. The first-order chi connectivity index (χ1) is 19.4. The Balaban J connectivity index is 1.70. The summed E-state index contributed by atoms with van der Waals surface area (Å²) in [6.07, 6.45) is 7.88. The Morgan fingerprint density at radius 1 is 0.425 bits per heavy atom. The molecule has 8 bridgehead atoms. The van der Waals surface area contributed by atoms with Gasteiger partial charge in [-0.3, -0.25) is 0 Å². The predicted molar refractivity (Wildman–Crippen MR) is 170 cm³/mol. The number of aromatic amines is 2. The van der Waals surface area contributed by atoms with E-state index in [1.165, 1.54) is 0 Å². The Labute approximate surface area is 249 Å². The van der Waals surface area contributed by atoms with Crippen LogP contribution in [0.2, 0.25) is 20.1 Å². The van der Waals surface area contributed by atoms with Crippen LogP contribution in [0.5, 0.6) is 0 Å². The largest absolute Gasteiger partial charge is 0.355 e. The van der Waals surface area contributed by atoms with Crippen molar-refractivity contribution in [2.75, 3.05) is 0 Å². The lowest BCUT2D eigenvalue weighted by molar-refractivity contribution is 1.31. The van der Waals surface area contributed by atoms with Crippen molar-refractivity contribution in [2.45, 2.75) is 0 Å². The monoisotopic (exact) mass is 598 g/mol. The topological polar surface area (TPSA) is 57.4 Å². The number of hydrogen-bond donors (Lipinski definition) is 2. The third-order valence-electron chi connectivity index (χ3n) is 6.77. The zero-order valence-corrected chi connectivity index (χ0v) is 23.7. The Hall–Kier alpha value is -3.80. The summed E-state index contributed by atoms with van der Waals surface area (Å²) in [7, 11) is 0. The van der Waals surface area contributed by atoms with Crippen LogP contribution in [0, 0.1) is 0 Å². The van der Waals surface area contributed by atoms with Gasteiger partial charge in [-0.05, 0) is 85.0 Å². The van der Waals surface area contributed by atoms with Crippen LogP contribution in [0.4, 0.5) is 0 Å². The second-order valence-corrected chi connectivity index (χ2v) is 11.1. The van der Waals surface area contributed by atoms with E-state index in [1.54, 1.807) is 0 Å². The fourth-order valence-electron chi connectivity index (χ4n) is 5.07. The Kier molecular flexibility index (Phi) is 6.29. The number of fused-ring (bicyclic) bond motifs is 8. The lowest BCUT2D eigenvalue weighted by Gasteiger charge is -2.12. The summed E-state index contributed by atoms with van der Waals surface area (Å²) in [4.78, 5) is 16.7. The Bertz CT molecular complexity index is 1880. The van der Waals surface area contributed by atoms with Crippen molar-refractivity contribution in [3.63, 3.8) is 0 Å². The lowest BCUT2D eigenvalue weighted by Crippen LogP contribution is -1.87. The molecule has 7 rings (SSSR count). The van der Waals surface area contributed by atoms with Crippen molar-refractivity contribution in [1.29, 1.82) is 0 Å². The van der Waals surface area contributed by atoms with Gasteiger partial charge in [0.2, 0.25) is 0 Å².